The molecule has 3 rings (SSSR count). The van der Waals surface area contributed by atoms with E-state index in [0.717, 1.165) is 30.4 Å². The van der Waals surface area contributed by atoms with Gasteiger partial charge in [0.15, 0.2) is 0 Å². The molecule has 1 heterocycles. The van der Waals surface area contributed by atoms with Crippen LogP contribution in [0.2, 0.25) is 0 Å². The first-order valence-electron chi connectivity index (χ1n) is 7.80. The van der Waals surface area contributed by atoms with E-state index < -0.39 is 12.0 Å². The fraction of sp³-hybridized carbons (Fsp3) is 0.588. The number of aliphatic carboxylic acids is 1. The third kappa shape index (κ3) is 2.82. The number of carboxylic acids is 1. The van der Waals surface area contributed by atoms with Crippen LogP contribution in [-0.2, 0) is 11.3 Å². The first-order chi connectivity index (χ1) is 10.1. The molecule has 1 saturated carbocycles. The fourth-order valence-electron chi connectivity index (χ4n) is 4.03. The summed E-state index contributed by atoms with van der Waals surface area (Å²) in [6, 6.07) is 4.71. The molecule has 0 bridgehead atoms. The Labute approximate surface area is 124 Å². The Morgan fingerprint density at radius 1 is 1.38 bits per heavy atom. The van der Waals surface area contributed by atoms with E-state index in [4.69, 9.17) is 0 Å². The second kappa shape index (κ2) is 5.76. The second-order valence-corrected chi connectivity index (χ2v) is 6.44. The molecule has 0 spiro atoms. The lowest BCUT2D eigenvalue weighted by atomic mass is 9.84. The van der Waals surface area contributed by atoms with E-state index in [-0.39, 0.29) is 5.82 Å². The summed E-state index contributed by atoms with van der Waals surface area (Å²) < 4.78 is 13.5. The molecule has 114 valence electrons. The maximum Gasteiger partial charge on any atom is 0.320 e. The molecular weight excluding hydrogens is 269 g/mol. The van der Waals surface area contributed by atoms with Gasteiger partial charge in [-0.3, -0.25) is 9.69 Å². The van der Waals surface area contributed by atoms with Crippen LogP contribution in [0.25, 0.3) is 0 Å². The van der Waals surface area contributed by atoms with Crippen LogP contribution in [-0.4, -0.2) is 28.1 Å². The Balaban J connectivity index is 1.86. The highest BCUT2D eigenvalue weighted by Gasteiger charge is 2.45. The molecule has 3 nitrogen and oxygen atoms in total. The van der Waals surface area contributed by atoms with Crippen LogP contribution >= 0.6 is 0 Å². The van der Waals surface area contributed by atoms with E-state index in [0.29, 0.717) is 18.5 Å². The van der Waals surface area contributed by atoms with E-state index in [1.165, 1.54) is 18.9 Å². The fourth-order valence-corrected chi connectivity index (χ4v) is 4.03. The minimum Gasteiger partial charge on any atom is -0.480 e. The molecule has 4 heteroatoms. The van der Waals surface area contributed by atoms with E-state index in [2.05, 4.69) is 4.90 Å². The minimum atomic E-state index is -0.738. The van der Waals surface area contributed by atoms with Crippen molar-refractivity contribution in [3.8, 4) is 0 Å². The van der Waals surface area contributed by atoms with Gasteiger partial charge in [-0.25, -0.2) is 4.39 Å². The zero-order valence-electron chi connectivity index (χ0n) is 12.4. The van der Waals surface area contributed by atoms with Gasteiger partial charge >= 0.3 is 5.97 Å². The maximum atomic E-state index is 13.5. The Hall–Kier alpha value is -1.42. The number of carbonyl (C=O) groups is 1. The second-order valence-electron chi connectivity index (χ2n) is 6.44. The SMILES string of the molecule is Cc1ccc(F)cc1CN1C(C(=O)O)CC2CCCCC21. The summed E-state index contributed by atoms with van der Waals surface area (Å²) in [6.07, 6.45) is 5.33. The smallest absolute Gasteiger partial charge is 0.320 e. The molecule has 0 radical (unpaired) electrons. The minimum absolute atomic E-state index is 0.248. The Morgan fingerprint density at radius 2 is 2.14 bits per heavy atom. The number of halogens is 1. The number of carboxylic acid groups (broad SMARTS) is 1. The summed E-state index contributed by atoms with van der Waals surface area (Å²) in [4.78, 5) is 13.7. The van der Waals surface area contributed by atoms with Crippen molar-refractivity contribution in [2.24, 2.45) is 5.92 Å². The molecule has 1 N–H and O–H groups in total. The van der Waals surface area contributed by atoms with Gasteiger partial charge < -0.3 is 5.11 Å². The van der Waals surface area contributed by atoms with Crippen molar-refractivity contribution in [3.63, 3.8) is 0 Å². The third-order valence-corrected chi connectivity index (χ3v) is 5.17. The Bertz CT molecular complexity index is 546. The zero-order chi connectivity index (χ0) is 15.0. The largest absolute Gasteiger partial charge is 0.480 e. The first-order valence-corrected chi connectivity index (χ1v) is 7.80. The monoisotopic (exact) mass is 291 g/mol. The number of hydrogen-bond donors (Lipinski definition) is 1. The van der Waals surface area contributed by atoms with Crippen LogP contribution in [0.5, 0.6) is 0 Å². The van der Waals surface area contributed by atoms with E-state index in [9.17, 15) is 14.3 Å². The van der Waals surface area contributed by atoms with Gasteiger partial charge in [0.2, 0.25) is 0 Å². The average Bonchev–Trinajstić information content (AvgIpc) is 2.82. The molecule has 3 unspecified atom stereocenters. The summed E-state index contributed by atoms with van der Waals surface area (Å²) in [6.45, 7) is 2.50. The van der Waals surface area contributed by atoms with Gasteiger partial charge in [0.05, 0.1) is 0 Å². The van der Waals surface area contributed by atoms with Crippen molar-refractivity contribution in [2.75, 3.05) is 0 Å². The standard InChI is InChI=1S/C17H22FNO2/c1-11-6-7-14(18)8-13(11)10-19-15-5-3-2-4-12(15)9-16(19)17(20)21/h6-8,12,15-16H,2-5,9-10H2,1H3,(H,20,21). The van der Waals surface area contributed by atoms with Crippen molar-refractivity contribution >= 4 is 5.97 Å². The lowest BCUT2D eigenvalue weighted by molar-refractivity contribution is -0.142. The molecule has 0 aromatic heterocycles. The molecule has 1 aliphatic heterocycles. The highest BCUT2D eigenvalue weighted by atomic mass is 19.1. The number of aryl methyl sites for hydroxylation is 1. The molecule has 21 heavy (non-hydrogen) atoms. The van der Waals surface area contributed by atoms with Gasteiger partial charge in [0, 0.05) is 12.6 Å². The zero-order valence-corrected chi connectivity index (χ0v) is 12.4. The predicted molar refractivity (Wildman–Crippen MR) is 78.5 cm³/mol. The molecule has 1 aliphatic carbocycles. The molecule has 0 amide bonds. The number of likely N-dealkylation sites (tertiary alicyclic amines) is 1. The van der Waals surface area contributed by atoms with Gasteiger partial charge in [-0.15, -0.1) is 0 Å². The van der Waals surface area contributed by atoms with Crippen molar-refractivity contribution in [3.05, 3.63) is 35.1 Å². The molecule has 1 aromatic carbocycles. The molecular formula is C17H22FNO2. The number of nitrogens with zero attached hydrogens (tertiary/aromatic N) is 1. The number of fused-ring (bicyclic) bond motifs is 1. The lowest BCUT2D eigenvalue weighted by Crippen LogP contribution is -2.41. The van der Waals surface area contributed by atoms with E-state index >= 15 is 0 Å². The summed E-state index contributed by atoms with van der Waals surface area (Å²) in [5.74, 6) is -0.492. The molecule has 2 aliphatic rings. The van der Waals surface area contributed by atoms with Crippen molar-refractivity contribution in [2.45, 2.75) is 57.7 Å². The van der Waals surface area contributed by atoms with Gasteiger partial charge in [0.25, 0.3) is 0 Å². The van der Waals surface area contributed by atoms with Gasteiger partial charge in [-0.2, -0.15) is 0 Å². The predicted octanol–water partition coefficient (Wildman–Crippen LogP) is 3.35. The number of hydrogen-bond acceptors (Lipinski definition) is 2. The van der Waals surface area contributed by atoms with Crippen molar-refractivity contribution < 1.29 is 14.3 Å². The molecule has 1 saturated heterocycles. The highest BCUT2D eigenvalue weighted by molar-refractivity contribution is 5.74. The van der Waals surface area contributed by atoms with Gasteiger partial charge in [-0.1, -0.05) is 18.9 Å². The molecule has 1 aromatic rings. The lowest BCUT2D eigenvalue weighted by Gasteiger charge is -2.33. The van der Waals surface area contributed by atoms with Crippen LogP contribution in [0.3, 0.4) is 0 Å². The Kier molecular flexibility index (Phi) is 3.98. The van der Waals surface area contributed by atoms with Crippen LogP contribution in [0.1, 0.15) is 43.2 Å². The molecule has 3 atom stereocenters. The van der Waals surface area contributed by atoms with Gasteiger partial charge in [0.1, 0.15) is 11.9 Å². The average molecular weight is 291 g/mol. The van der Waals surface area contributed by atoms with Crippen LogP contribution in [0.15, 0.2) is 18.2 Å². The van der Waals surface area contributed by atoms with E-state index in [1.807, 2.05) is 6.92 Å². The third-order valence-electron chi connectivity index (χ3n) is 5.17. The number of benzene rings is 1. The first kappa shape index (κ1) is 14.5. The van der Waals surface area contributed by atoms with Crippen LogP contribution < -0.4 is 0 Å². The summed E-state index contributed by atoms with van der Waals surface area (Å²) in [5, 5.41) is 9.52. The maximum absolute atomic E-state index is 13.5. The van der Waals surface area contributed by atoms with Crippen LogP contribution in [0, 0.1) is 18.7 Å². The van der Waals surface area contributed by atoms with Crippen molar-refractivity contribution in [1.29, 1.82) is 0 Å². The summed E-state index contributed by atoms with van der Waals surface area (Å²) in [7, 11) is 0. The molecule has 2 fully saturated rings. The van der Waals surface area contributed by atoms with Crippen LogP contribution in [0.4, 0.5) is 4.39 Å². The summed E-state index contributed by atoms with van der Waals surface area (Å²) >= 11 is 0. The topological polar surface area (TPSA) is 40.5 Å². The highest BCUT2D eigenvalue weighted by Crippen LogP contribution is 2.40. The Morgan fingerprint density at radius 3 is 2.90 bits per heavy atom. The number of rotatable bonds is 3. The normalized spacial score (nSPS) is 29.3. The van der Waals surface area contributed by atoms with Crippen molar-refractivity contribution in [1.82, 2.24) is 4.90 Å². The van der Waals surface area contributed by atoms with E-state index in [1.54, 1.807) is 12.1 Å². The van der Waals surface area contributed by atoms with Gasteiger partial charge in [-0.05, 0) is 55.4 Å². The quantitative estimate of drug-likeness (QED) is 0.928. The summed E-state index contributed by atoms with van der Waals surface area (Å²) in [5.41, 5.74) is 1.94.